The van der Waals surface area contributed by atoms with Gasteiger partial charge in [-0.2, -0.15) is 0 Å². The Hall–Kier alpha value is -2.57. The van der Waals surface area contributed by atoms with Crippen molar-refractivity contribution in [2.45, 2.75) is 13.5 Å². The molecule has 0 spiro atoms. The van der Waals surface area contributed by atoms with Gasteiger partial charge in [0.2, 0.25) is 5.91 Å². The SMILES string of the molecule is CCN1CCN(Cc2ccc(C(N)=O)cc2N)C(=O)C1=O. The predicted octanol–water partition coefficient (Wildman–Crippen LogP) is -0.442. The van der Waals surface area contributed by atoms with E-state index in [1.807, 2.05) is 6.92 Å². The molecular weight excluding hydrogens is 272 g/mol. The number of amides is 3. The van der Waals surface area contributed by atoms with Crippen LogP contribution in [0, 0.1) is 0 Å². The average Bonchev–Trinajstić information content (AvgIpc) is 2.45. The maximum atomic E-state index is 12.0. The van der Waals surface area contributed by atoms with Crippen LogP contribution >= 0.6 is 0 Å². The van der Waals surface area contributed by atoms with Crippen LogP contribution in [0.25, 0.3) is 0 Å². The second-order valence-corrected chi connectivity index (χ2v) is 4.89. The molecule has 21 heavy (non-hydrogen) atoms. The summed E-state index contributed by atoms with van der Waals surface area (Å²) in [4.78, 5) is 37.9. The van der Waals surface area contributed by atoms with Gasteiger partial charge in [-0.05, 0) is 24.6 Å². The largest absolute Gasteiger partial charge is 0.398 e. The zero-order valence-corrected chi connectivity index (χ0v) is 11.8. The van der Waals surface area contributed by atoms with E-state index in [2.05, 4.69) is 0 Å². The van der Waals surface area contributed by atoms with Gasteiger partial charge in [0.15, 0.2) is 0 Å². The molecule has 0 aromatic heterocycles. The van der Waals surface area contributed by atoms with E-state index >= 15 is 0 Å². The summed E-state index contributed by atoms with van der Waals surface area (Å²) in [6.45, 7) is 3.58. The molecular formula is C14H18N4O3. The van der Waals surface area contributed by atoms with Crippen LogP contribution in [0.5, 0.6) is 0 Å². The number of anilines is 1. The Morgan fingerprint density at radius 3 is 2.38 bits per heavy atom. The van der Waals surface area contributed by atoms with Crippen molar-refractivity contribution in [3.8, 4) is 0 Å². The summed E-state index contributed by atoms with van der Waals surface area (Å²) in [6, 6.07) is 4.69. The number of hydrogen-bond acceptors (Lipinski definition) is 4. The first-order chi connectivity index (χ1) is 9.93. The van der Waals surface area contributed by atoms with Crippen molar-refractivity contribution in [2.24, 2.45) is 5.73 Å². The lowest BCUT2D eigenvalue weighted by molar-refractivity contribution is -0.156. The van der Waals surface area contributed by atoms with Crippen LogP contribution in [-0.4, -0.2) is 47.2 Å². The molecule has 1 aromatic rings. The summed E-state index contributed by atoms with van der Waals surface area (Å²) in [6.07, 6.45) is 0. The molecule has 1 aliphatic heterocycles. The number of carbonyl (C=O) groups is 3. The third kappa shape index (κ3) is 2.96. The van der Waals surface area contributed by atoms with Crippen LogP contribution in [0.3, 0.4) is 0 Å². The van der Waals surface area contributed by atoms with Gasteiger partial charge in [0.25, 0.3) is 0 Å². The summed E-state index contributed by atoms with van der Waals surface area (Å²) in [5.41, 5.74) is 12.4. The molecule has 0 atom stereocenters. The number of benzene rings is 1. The van der Waals surface area contributed by atoms with Gasteiger partial charge in [0, 0.05) is 37.4 Å². The molecule has 4 N–H and O–H groups in total. The summed E-state index contributed by atoms with van der Waals surface area (Å²) in [7, 11) is 0. The minimum Gasteiger partial charge on any atom is -0.398 e. The van der Waals surface area contributed by atoms with E-state index in [4.69, 9.17) is 11.5 Å². The minimum absolute atomic E-state index is 0.243. The number of rotatable bonds is 4. The number of likely N-dealkylation sites (N-methyl/N-ethyl adjacent to an activating group) is 1. The lowest BCUT2D eigenvalue weighted by atomic mass is 10.1. The molecule has 0 radical (unpaired) electrons. The number of piperazine rings is 1. The second kappa shape index (κ2) is 5.82. The molecule has 0 aliphatic carbocycles. The highest BCUT2D eigenvalue weighted by molar-refractivity contribution is 6.35. The third-order valence-corrected chi connectivity index (χ3v) is 3.57. The minimum atomic E-state index is -0.559. The van der Waals surface area contributed by atoms with Gasteiger partial charge in [-0.1, -0.05) is 6.07 Å². The first-order valence-corrected chi connectivity index (χ1v) is 6.70. The fourth-order valence-electron chi connectivity index (χ4n) is 2.27. The summed E-state index contributed by atoms with van der Waals surface area (Å²) in [5, 5.41) is 0. The average molecular weight is 290 g/mol. The maximum absolute atomic E-state index is 12.0. The molecule has 0 bridgehead atoms. The lowest BCUT2D eigenvalue weighted by Crippen LogP contribution is -2.53. The normalized spacial score (nSPS) is 15.5. The second-order valence-electron chi connectivity index (χ2n) is 4.89. The monoisotopic (exact) mass is 290 g/mol. The molecule has 1 heterocycles. The number of carbonyl (C=O) groups excluding carboxylic acids is 3. The van der Waals surface area contributed by atoms with Crippen LogP contribution in [0.15, 0.2) is 18.2 Å². The molecule has 1 fully saturated rings. The molecule has 0 unspecified atom stereocenters. The smallest absolute Gasteiger partial charge is 0.312 e. The quantitative estimate of drug-likeness (QED) is 0.578. The van der Waals surface area contributed by atoms with Crippen molar-refractivity contribution >= 4 is 23.4 Å². The van der Waals surface area contributed by atoms with Gasteiger partial charge < -0.3 is 21.3 Å². The summed E-state index contributed by atoms with van der Waals surface area (Å²) in [5.74, 6) is -1.58. The van der Waals surface area contributed by atoms with Crippen LogP contribution in [0.4, 0.5) is 5.69 Å². The zero-order chi connectivity index (χ0) is 15.6. The van der Waals surface area contributed by atoms with Gasteiger partial charge in [0.1, 0.15) is 0 Å². The van der Waals surface area contributed by atoms with Crippen molar-refractivity contribution in [3.05, 3.63) is 29.3 Å². The standard InChI is InChI=1S/C14H18N4O3/c1-2-17-5-6-18(14(21)13(17)20)8-10-4-3-9(12(16)19)7-11(10)15/h3-4,7H,2,5-6,8,15H2,1H3,(H2,16,19). The van der Waals surface area contributed by atoms with Crippen LogP contribution in [0.2, 0.25) is 0 Å². The van der Waals surface area contributed by atoms with E-state index in [-0.39, 0.29) is 6.54 Å². The lowest BCUT2D eigenvalue weighted by Gasteiger charge is -2.33. The number of hydrogen-bond donors (Lipinski definition) is 2. The number of primary amides is 1. The summed E-state index contributed by atoms with van der Waals surface area (Å²) < 4.78 is 0. The Bertz CT molecular complexity index is 600. The van der Waals surface area contributed by atoms with E-state index in [9.17, 15) is 14.4 Å². The van der Waals surface area contributed by atoms with Gasteiger partial charge in [-0.15, -0.1) is 0 Å². The van der Waals surface area contributed by atoms with Crippen molar-refractivity contribution in [2.75, 3.05) is 25.4 Å². The molecule has 1 aliphatic rings. The van der Waals surface area contributed by atoms with Gasteiger partial charge in [-0.25, -0.2) is 0 Å². The molecule has 112 valence electrons. The van der Waals surface area contributed by atoms with Gasteiger partial charge in [0.05, 0.1) is 0 Å². The van der Waals surface area contributed by atoms with Crippen molar-refractivity contribution in [1.82, 2.24) is 9.80 Å². The number of nitrogen functional groups attached to an aromatic ring is 1. The van der Waals surface area contributed by atoms with Crippen LogP contribution in [0.1, 0.15) is 22.8 Å². The van der Waals surface area contributed by atoms with Gasteiger partial charge >= 0.3 is 11.8 Å². The molecule has 7 nitrogen and oxygen atoms in total. The molecule has 1 aromatic carbocycles. The molecule has 1 saturated heterocycles. The Morgan fingerprint density at radius 2 is 1.81 bits per heavy atom. The van der Waals surface area contributed by atoms with Gasteiger partial charge in [-0.3, -0.25) is 14.4 Å². The summed E-state index contributed by atoms with van der Waals surface area (Å²) >= 11 is 0. The molecule has 7 heteroatoms. The highest BCUT2D eigenvalue weighted by atomic mass is 16.2. The van der Waals surface area contributed by atoms with Crippen LogP contribution in [-0.2, 0) is 16.1 Å². The number of nitrogens with two attached hydrogens (primary N) is 2. The number of nitrogens with zero attached hydrogens (tertiary/aromatic N) is 2. The van der Waals surface area contributed by atoms with Crippen molar-refractivity contribution < 1.29 is 14.4 Å². The first kappa shape index (κ1) is 14.8. The van der Waals surface area contributed by atoms with E-state index in [0.717, 1.165) is 0 Å². The molecule has 2 rings (SSSR count). The Balaban J connectivity index is 2.14. The Labute approximate surface area is 122 Å². The van der Waals surface area contributed by atoms with Crippen molar-refractivity contribution in [3.63, 3.8) is 0 Å². The molecule has 3 amide bonds. The van der Waals surface area contributed by atoms with Crippen molar-refractivity contribution in [1.29, 1.82) is 0 Å². The van der Waals surface area contributed by atoms with Crippen LogP contribution < -0.4 is 11.5 Å². The maximum Gasteiger partial charge on any atom is 0.312 e. The van der Waals surface area contributed by atoms with E-state index in [1.54, 1.807) is 12.1 Å². The Morgan fingerprint density at radius 1 is 1.19 bits per heavy atom. The third-order valence-electron chi connectivity index (χ3n) is 3.57. The topological polar surface area (TPSA) is 110 Å². The highest BCUT2D eigenvalue weighted by Gasteiger charge is 2.31. The highest BCUT2D eigenvalue weighted by Crippen LogP contribution is 2.18. The fourth-order valence-corrected chi connectivity index (χ4v) is 2.27. The Kier molecular flexibility index (Phi) is 4.11. The zero-order valence-electron chi connectivity index (χ0n) is 11.8. The first-order valence-electron chi connectivity index (χ1n) is 6.70. The van der Waals surface area contributed by atoms with E-state index in [1.165, 1.54) is 15.9 Å². The van der Waals surface area contributed by atoms with E-state index < -0.39 is 17.7 Å². The van der Waals surface area contributed by atoms with E-state index in [0.29, 0.717) is 36.4 Å². The molecule has 0 saturated carbocycles. The fraction of sp³-hybridized carbons (Fsp3) is 0.357. The predicted molar refractivity (Wildman–Crippen MR) is 77.0 cm³/mol.